The van der Waals surface area contributed by atoms with E-state index in [-0.39, 0.29) is 0 Å². The van der Waals surface area contributed by atoms with Gasteiger partial charge in [0.15, 0.2) is 96.4 Å². The Kier molecular flexibility index (Phi) is 32.6. The number of hydrogen-bond donors (Lipinski definition) is 1. The third kappa shape index (κ3) is 23.0. The van der Waals surface area contributed by atoms with E-state index in [9.17, 15) is 0 Å². The van der Waals surface area contributed by atoms with Crippen LogP contribution in [0.3, 0.4) is 0 Å². The maximum Gasteiger partial charge on any atom is 0.271 e. The van der Waals surface area contributed by atoms with Crippen LogP contribution >= 0.6 is 0 Å². The number of nitrogens with one attached hydrogen (secondary N) is 1. The summed E-state index contributed by atoms with van der Waals surface area (Å²) in [6, 6.07) is 26.4. The lowest BCUT2D eigenvalue weighted by Gasteiger charge is -2.31. The number of pyridine rings is 5. The Labute approximate surface area is 658 Å². The van der Waals surface area contributed by atoms with E-state index in [0.29, 0.717) is 84.6 Å². The summed E-state index contributed by atoms with van der Waals surface area (Å²) in [7, 11) is 0. The van der Waals surface area contributed by atoms with Crippen LogP contribution < -0.4 is 36.9 Å². The van der Waals surface area contributed by atoms with E-state index in [1.165, 1.54) is 138 Å². The molecule has 0 atom stereocenters. The molecule has 0 saturated carbocycles. The normalized spacial score (nSPS) is 16.7. The lowest BCUT2D eigenvalue weighted by atomic mass is 10.0. The first kappa shape index (κ1) is 87.3. The minimum Gasteiger partial charge on any atom is -0.333 e. The smallest absolute Gasteiger partial charge is 0.271 e. The second-order valence-corrected chi connectivity index (χ2v) is 35.9. The first-order valence-electron chi connectivity index (χ1n) is 42.7. The molecule has 108 heavy (non-hydrogen) atoms. The number of anilines is 1. The van der Waals surface area contributed by atoms with Crippen LogP contribution in [0.4, 0.5) is 5.82 Å². The Hall–Kier alpha value is -6.27. The minimum atomic E-state index is 0.555. The van der Waals surface area contributed by atoms with Crippen LogP contribution in [0, 0.1) is 0 Å². The summed E-state index contributed by atoms with van der Waals surface area (Å²) >= 11 is 0. The predicted octanol–water partition coefficient (Wildman–Crippen LogP) is 14.8. The molecule has 7 aliphatic rings. The van der Waals surface area contributed by atoms with E-state index >= 15 is 0 Å². The van der Waals surface area contributed by atoms with E-state index in [1.807, 2.05) is 0 Å². The molecule has 0 bridgehead atoms. The monoisotopic (exact) mass is 1480 g/mol. The van der Waals surface area contributed by atoms with Crippen molar-refractivity contribution in [2.45, 2.75) is 363 Å². The number of rotatable bonds is 14. The van der Waals surface area contributed by atoms with Crippen molar-refractivity contribution in [3.05, 3.63) is 178 Å². The molecule has 1 N–H and O–H groups in total. The lowest BCUT2D eigenvalue weighted by Crippen LogP contribution is -2.51. The average Bonchev–Trinajstić information content (AvgIpc) is 1.66. The SMILES string of the molecule is CC(C)N1CC[n+]2ccn(C(C)C)c2C1.CC(C)N1CCc2c(ccc[n+]2C(C)C)C1.CC(C)N1CCc2c1[nH]c[n+]2C(C)C.CC(C)N1CCc2c[n+](C(C)C)ccc2C1.CC(C)N1CCc2cc[n+](C(C)C)cc2C1.CC(C)N1CCc2ccc[n+](C(C)C)c2C1.CC(C)N1Cc2ccc[n+](C(C)C)c2C1. The van der Waals surface area contributed by atoms with Gasteiger partial charge < -0.3 is 4.90 Å². The molecular formula is C92H155N16+7. The largest absolute Gasteiger partial charge is 0.333 e. The second-order valence-electron chi connectivity index (χ2n) is 35.9. The molecule has 0 fully saturated rings. The van der Waals surface area contributed by atoms with Crippen LogP contribution in [0.25, 0.3) is 0 Å². The highest BCUT2D eigenvalue weighted by Gasteiger charge is 2.35. The summed E-state index contributed by atoms with van der Waals surface area (Å²) in [6.45, 7) is 79.3. The van der Waals surface area contributed by atoms with Crippen LogP contribution in [-0.2, 0) is 84.5 Å². The molecule has 7 aromatic rings. The maximum atomic E-state index is 3.39. The maximum absolute atomic E-state index is 3.39. The highest BCUT2D eigenvalue weighted by Crippen LogP contribution is 2.28. The molecule has 0 spiro atoms. The van der Waals surface area contributed by atoms with Gasteiger partial charge in [-0.25, -0.2) is 32.4 Å². The summed E-state index contributed by atoms with van der Waals surface area (Å²) in [4.78, 5) is 21.1. The summed E-state index contributed by atoms with van der Waals surface area (Å²) in [5, 5.41) is 0. The summed E-state index contributed by atoms with van der Waals surface area (Å²) in [6.07, 6.45) is 28.2. The van der Waals surface area contributed by atoms with Gasteiger partial charge in [-0.05, 0) is 242 Å². The summed E-state index contributed by atoms with van der Waals surface area (Å²) in [5.74, 6) is 2.78. The van der Waals surface area contributed by atoms with E-state index in [4.69, 9.17) is 0 Å². The zero-order valence-corrected chi connectivity index (χ0v) is 73.6. The number of aromatic amines is 1. The topological polar surface area (TPSA) is 70.6 Å². The Morgan fingerprint density at radius 1 is 0.296 bits per heavy atom. The van der Waals surface area contributed by atoms with Crippen molar-refractivity contribution in [3.8, 4) is 0 Å². The molecule has 0 saturated heterocycles. The lowest BCUT2D eigenvalue weighted by molar-refractivity contribution is -0.724. The summed E-state index contributed by atoms with van der Waals surface area (Å²) < 4.78 is 19.0. The molecule has 0 radical (unpaired) electrons. The quantitative estimate of drug-likeness (QED) is 0.109. The van der Waals surface area contributed by atoms with Crippen molar-refractivity contribution in [1.82, 2.24) is 39.0 Å². The van der Waals surface area contributed by atoms with Gasteiger partial charge in [0.05, 0.1) is 25.2 Å². The third-order valence-corrected chi connectivity index (χ3v) is 23.6. The van der Waals surface area contributed by atoms with Gasteiger partial charge in [-0.2, -0.15) is 9.13 Å². The van der Waals surface area contributed by atoms with Gasteiger partial charge in [0.2, 0.25) is 12.1 Å². The Bertz CT molecular complexity index is 3880. The van der Waals surface area contributed by atoms with Gasteiger partial charge in [-0.1, -0.05) is 0 Å². The van der Waals surface area contributed by atoms with E-state index in [1.54, 1.807) is 0 Å². The van der Waals surface area contributed by atoms with Crippen LogP contribution in [0.2, 0.25) is 0 Å². The first-order valence-corrected chi connectivity index (χ1v) is 42.7. The van der Waals surface area contributed by atoms with Crippen molar-refractivity contribution in [2.75, 3.05) is 44.2 Å². The second kappa shape index (κ2) is 40.3. The number of H-pyrrole nitrogens is 1. The number of hydrogen-bond acceptors (Lipinski definition) is 7. The molecule has 7 aliphatic heterocycles. The predicted molar refractivity (Wildman–Crippen MR) is 445 cm³/mol. The highest BCUT2D eigenvalue weighted by molar-refractivity contribution is 5.47. The third-order valence-electron chi connectivity index (χ3n) is 23.6. The zero-order valence-electron chi connectivity index (χ0n) is 73.6. The Balaban J connectivity index is 0.000000159. The van der Waals surface area contributed by atoms with Crippen LogP contribution in [0.15, 0.2) is 111 Å². The van der Waals surface area contributed by atoms with E-state index in [2.05, 4.69) is 380 Å². The number of nitrogens with zero attached hydrogens (tertiary/aromatic N) is 15. The minimum absolute atomic E-state index is 0.555. The Morgan fingerprint density at radius 2 is 0.694 bits per heavy atom. The van der Waals surface area contributed by atoms with Crippen molar-refractivity contribution < 1.29 is 32.0 Å². The first-order chi connectivity index (χ1) is 51.1. The molecule has 14 rings (SSSR count). The van der Waals surface area contributed by atoms with Gasteiger partial charge in [0.25, 0.3) is 5.82 Å². The molecule has 596 valence electrons. The molecule has 16 heteroatoms. The summed E-state index contributed by atoms with van der Waals surface area (Å²) in [5.41, 5.74) is 16.7. The van der Waals surface area contributed by atoms with E-state index in [0.717, 1.165) is 58.9 Å². The number of aromatic nitrogens is 9. The van der Waals surface area contributed by atoms with E-state index < -0.39 is 0 Å². The van der Waals surface area contributed by atoms with Crippen molar-refractivity contribution in [1.29, 1.82) is 0 Å². The Morgan fingerprint density at radius 3 is 1.19 bits per heavy atom. The number of fused-ring (bicyclic) bond motifs is 7. The fourth-order valence-electron chi connectivity index (χ4n) is 16.3. The average molecular weight is 1490 g/mol. The van der Waals surface area contributed by atoms with Gasteiger partial charge in [-0.15, -0.1) is 0 Å². The fraction of sp³-hybridized carbons (Fsp3) is 0.663. The molecule has 0 amide bonds. The van der Waals surface area contributed by atoms with Crippen LogP contribution in [-0.4, -0.2) is 121 Å². The van der Waals surface area contributed by atoms with Gasteiger partial charge in [0.1, 0.15) is 25.5 Å². The van der Waals surface area contributed by atoms with Crippen LogP contribution in [0.5, 0.6) is 0 Å². The standard InChI is InChI=1S/4C14H23N2.C13H21N2.C12H22N3.C11H19N3/c1-11(2)15-7-5-14-10-16(12(3)4)8-6-13(14)9-15;1-11(2)15-7-5-13-6-8-16(12(3)4)10-14(13)9-15;1-11(2)15-9-7-14-13(10-15)6-5-8-16(14)12(3)4;1-11(2)15-9-7-13-6-5-8-16(12(3)4)14(13)10-15;1-10(2)14-8-12-6-5-7-15(11(3)4)13(12)9-14;1-10(2)14-6-5-13-7-8-15(11(3)4)12(13)9-14;1-8(2)13-6-5-10-11(13)12-7-14(10)9(3)4/h2*5,7,9,11-12H,6,8,10H2,1-4H3;2*5-6,8,11-12H,7,9-10H2,1-4H3;5-7,10-11H,8-9H2,1-4H3;7-8,10-11H,5-6,9H2,1-4H3;7-9H,5-6H2,1-4H3/q6*+1;/p+1. The molecule has 0 unspecified atom stereocenters. The fourth-order valence-corrected chi connectivity index (χ4v) is 16.3. The molecule has 0 aromatic carbocycles. The molecule has 16 nitrogen and oxygen atoms in total. The molecular weight excluding hydrogens is 1330 g/mol. The highest BCUT2D eigenvalue weighted by atomic mass is 15.3. The number of imidazole rings is 2. The molecule has 14 heterocycles. The van der Waals surface area contributed by atoms with Crippen molar-refractivity contribution >= 4 is 5.82 Å². The van der Waals surface area contributed by atoms with Gasteiger partial charge >= 0.3 is 0 Å². The zero-order chi connectivity index (χ0) is 79.1. The van der Waals surface area contributed by atoms with Gasteiger partial charge in [-0.3, -0.25) is 29.4 Å². The van der Waals surface area contributed by atoms with Crippen molar-refractivity contribution in [3.63, 3.8) is 0 Å². The molecule has 0 aliphatic carbocycles. The van der Waals surface area contributed by atoms with Gasteiger partial charge in [0, 0.05) is 179 Å². The van der Waals surface area contributed by atoms with Crippen LogP contribution in [0.1, 0.15) is 304 Å². The van der Waals surface area contributed by atoms with Crippen molar-refractivity contribution in [2.24, 2.45) is 0 Å². The molecule has 7 aromatic heterocycles.